The number of unbranched alkanes of at least 4 members (excludes halogenated alkanes) is 2. The first-order valence-corrected chi connectivity index (χ1v) is 23.7. The Kier molecular flexibility index (Phi) is 16.9. The van der Waals surface area contributed by atoms with Crippen molar-refractivity contribution in [1.82, 2.24) is 9.97 Å². The zero-order valence-corrected chi connectivity index (χ0v) is 31.3. The Morgan fingerprint density at radius 3 is 1.39 bits per heavy atom. The van der Waals surface area contributed by atoms with Crippen LogP contribution in [-0.2, 0) is 33.7 Å². The van der Waals surface area contributed by atoms with Crippen LogP contribution in [0.5, 0.6) is 0 Å². The summed E-state index contributed by atoms with van der Waals surface area (Å²) >= 11 is -0.826. The van der Waals surface area contributed by atoms with E-state index in [1.54, 1.807) is 0 Å². The van der Waals surface area contributed by atoms with E-state index in [9.17, 15) is 0 Å². The first-order valence-electron chi connectivity index (χ1n) is 15.3. The van der Waals surface area contributed by atoms with Crippen molar-refractivity contribution in [1.29, 1.82) is 0 Å². The second kappa shape index (κ2) is 20.6. The molecule has 0 N–H and O–H groups in total. The molecule has 0 amide bonds. The Balaban J connectivity index is 0.000000204. The van der Waals surface area contributed by atoms with Crippen molar-refractivity contribution in [3.63, 3.8) is 0 Å². The summed E-state index contributed by atoms with van der Waals surface area (Å²) < 4.78 is 0. The molecule has 0 saturated heterocycles. The summed E-state index contributed by atoms with van der Waals surface area (Å²) in [6.45, 7) is 8.78. The molecule has 0 unspecified atom stereocenters. The van der Waals surface area contributed by atoms with Crippen LogP contribution >= 0.6 is 17.0 Å². The van der Waals surface area contributed by atoms with Crippen molar-refractivity contribution in [3.05, 3.63) is 121 Å². The molecule has 0 bridgehead atoms. The van der Waals surface area contributed by atoms with Crippen molar-refractivity contribution >= 4 is 48.1 Å². The zero-order valence-electron chi connectivity index (χ0n) is 26.3. The Morgan fingerprint density at radius 2 is 1.05 bits per heavy atom. The van der Waals surface area contributed by atoms with Crippen molar-refractivity contribution in [2.75, 3.05) is 0 Å². The average Bonchev–Trinajstić information content (AvgIpc) is 3.68. The van der Waals surface area contributed by atoms with Gasteiger partial charge in [-0.1, -0.05) is 76.9 Å². The van der Waals surface area contributed by atoms with Gasteiger partial charge in [0, 0.05) is 21.9 Å². The van der Waals surface area contributed by atoms with Gasteiger partial charge in [0.25, 0.3) is 0 Å². The molecule has 0 aliphatic rings. The molecule has 0 fully saturated rings. The van der Waals surface area contributed by atoms with Crippen LogP contribution in [0.2, 0.25) is 13.1 Å². The van der Waals surface area contributed by atoms with E-state index in [1.165, 1.54) is 82.3 Å². The van der Waals surface area contributed by atoms with E-state index in [2.05, 4.69) is 110 Å². The van der Waals surface area contributed by atoms with Crippen LogP contribution in [0.15, 0.2) is 109 Å². The SMILES string of the molecule is CCCCc1cc2c(-c3ccccn3)cccc2[cH-]1.CCCCc1cc2c(-c3ccccn3)cccc2[cH-]1.C[Si]C.[Cl][Zr+2][Cl]. The molecule has 6 rings (SSSR count). The number of rotatable bonds is 8. The number of hydrogen-bond donors (Lipinski definition) is 0. The fourth-order valence-corrected chi connectivity index (χ4v) is 5.13. The molecule has 2 heterocycles. The predicted octanol–water partition coefficient (Wildman–Crippen LogP) is 12.1. The monoisotopic (exact) mass is 714 g/mol. The molecule has 0 saturated carbocycles. The van der Waals surface area contributed by atoms with E-state index in [-0.39, 0.29) is 0 Å². The van der Waals surface area contributed by atoms with Gasteiger partial charge in [-0.3, -0.25) is 9.97 Å². The zero-order chi connectivity index (χ0) is 31.6. The molecule has 2 nitrogen and oxygen atoms in total. The number of aryl methyl sites for hydroxylation is 2. The minimum atomic E-state index is -0.826. The summed E-state index contributed by atoms with van der Waals surface area (Å²) in [5.74, 6) is 0. The molecule has 0 aliphatic heterocycles. The molecule has 2 radical (unpaired) electrons. The van der Waals surface area contributed by atoms with Gasteiger partial charge >= 0.3 is 37.9 Å². The minimum absolute atomic E-state index is 0.826. The van der Waals surface area contributed by atoms with Crippen LogP contribution in [0.1, 0.15) is 50.7 Å². The normalized spacial score (nSPS) is 10.1. The van der Waals surface area contributed by atoms with Gasteiger partial charge in [0.15, 0.2) is 0 Å². The van der Waals surface area contributed by atoms with E-state index >= 15 is 0 Å². The van der Waals surface area contributed by atoms with E-state index < -0.39 is 20.8 Å². The van der Waals surface area contributed by atoms with Crippen LogP contribution < -0.4 is 0 Å². The number of aromatic nitrogens is 2. The molecule has 226 valence electrons. The molecule has 0 aliphatic carbocycles. The van der Waals surface area contributed by atoms with Crippen LogP contribution in [0.4, 0.5) is 0 Å². The van der Waals surface area contributed by atoms with E-state index in [0.717, 1.165) is 20.9 Å². The third kappa shape index (κ3) is 10.9. The number of benzene rings is 2. The second-order valence-corrected chi connectivity index (χ2v) is 15.3. The third-order valence-electron chi connectivity index (χ3n) is 7.14. The standard InChI is InChI=1S/2C18H18N.C2H6Si.2ClH.Zr/c2*1-2-3-7-14-12-15-8-6-9-16(17(15)13-14)18-10-4-5-11-19-18;1-3-2;;;/h2*4-6,8-13H,2-3,7H2,1H3;1-2H3;2*1H;/q2*-1;;;;+4/p-2. The molecule has 6 aromatic rings. The van der Waals surface area contributed by atoms with Crippen molar-refractivity contribution < 1.29 is 20.8 Å². The third-order valence-corrected chi connectivity index (χ3v) is 7.14. The van der Waals surface area contributed by atoms with Gasteiger partial charge in [-0.2, -0.15) is 12.1 Å². The molecular formula is C38H42Cl2N2SiZr. The number of pyridine rings is 2. The molecule has 0 atom stereocenters. The topological polar surface area (TPSA) is 25.8 Å². The van der Waals surface area contributed by atoms with Gasteiger partial charge < -0.3 is 0 Å². The molecular weight excluding hydrogens is 675 g/mol. The summed E-state index contributed by atoms with van der Waals surface area (Å²) in [7, 11) is 11.0. The quantitative estimate of drug-likeness (QED) is 0.116. The Labute approximate surface area is 285 Å². The van der Waals surface area contributed by atoms with Crippen molar-refractivity contribution in [2.45, 2.75) is 65.5 Å². The van der Waals surface area contributed by atoms with Gasteiger partial charge in [0.1, 0.15) is 0 Å². The fraction of sp³-hybridized carbons (Fsp3) is 0.263. The number of hydrogen-bond acceptors (Lipinski definition) is 2. The van der Waals surface area contributed by atoms with E-state index in [4.69, 9.17) is 17.0 Å². The van der Waals surface area contributed by atoms with Crippen LogP contribution in [0, 0.1) is 0 Å². The van der Waals surface area contributed by atoms with Crippen LogP contribution in [0.3, 0.4) is 0 Å². The summed E-state index contributed by atoms with van der Waals surface area (Å²) in [5.41, 5.74) is 7.48. The summed E-state index contributed by atoms with van der Waals surface area (Å²) in [6, 6.07) is 34.4. The number of nitrogens with zero attached hydrogens (tertiary/aromatic N) is 2. The first-order chi connectivity index (χ1) is 21.6. The molecule has 6 heteroatoms. The maximum absolute atomic E-state index is 4.93. The van der Waals surface area contributed by atoms with E-state index in [0.29, 0.717) is 0 Å². The number of fused-ring (bicyclic) bond motifs is 2. The second-order valence-electron chi connectivity index (χ2n) is 10.6. The summed E-state index contributed by atoms with van der Waals surface area (Å²) in [5, 5.41) is 5.31. The molecule has 4 aromatic carbocycles. The van der Waals surface area contributed by atoms with Gasteiger partial charge in [-0.25, -0.2) is 0 Å². The van der Waals surface area contributed by atoms with Gasteiger partial charge in [0.05, 0.1) is 11.4 Å². The summed E-state index contributed by atoms with van der Waals surface area (Å²) in [6.07, 6.45) is 11.1. The maximum atomic E-state index is 4.93. The Bertz CT molecular complexity index is 1510. The fourth-order valence-electron chi connectivity index (χ4n) is 5.13. The van der Waals surface area contributed by atoms with Gasteiger partial charge in [0.2, 0.25) is 0 Å². The Hall–Kier alpha value is -2.36. The summed E-state index contributed by atoms with van der Waals surface area (Å²) in [4.78, 5) is 8.94. The molecule has 44 heavy (non-hydrogen) atoms. The van der Waals surface area contributed by atoms with Crippen molar-refractivity contribution in [2.24, 2.45) is 0 Å². The van der Waals surface area contributed by atoms with E-state index in [1.807, 2.05) is 36.7 Å². The van der Waals surface area contributed by atoms with Gasteiger partial charge in [-0.15, -0.1) is 69.1 Å². The predicted molar refractivity (Wildman–Crippen MR) is 192 cm³/mol. The van der Waals surface area contributed by atoms with Gasteiger partial charge in [-0.05, 0) is 48.2 Å². The van der Waals surface area contributed by atoms with Crippen LogP contribution in [0.25, 0.3) is 44.1 Å². The van der Waals surface area contributed by atoms with Crippen molar-refractivity contribution in [3.8, 4) is 22.5 Å². The molecule has 2 aromatic heterocycles. The van der Waals surface area contributed by atoms with Crippen LogP contribution in [-0.4, -0.2) is 19.5 Å². The molecule has 0 spiro atoms. The average molecular weight is 717 g/mol. The first kappa shape index (κ1) is 36.1. The number of halogens is 2. The Morgan fingerprint density at radius 1 is 0.636 bits per heavy atom.